The van der Waals surface area contributed by atoms with E-state index in [9.17, 15) is 15.3 Å². The first kappa shape index (κ1) is 24.0. The van der Waals surface area contributed by atoms with Crippen LogP contribution in [-0.4, -0.2) is 49.3 Å². The highest BCUT2D eigenvalue weighted by Gasteiger charge is 2.31. The van der Waals surface area contributed by atoms with Gasteiger partial charge in [0.05, 0.1) is 30.4 Å². The molecule has 2 saturated heterocycles. The molecule has 34 heavy (non-hydrogen) atoms. The number of primary amides is 1. The van der Waals surface area contributed by atoms with Crippen molar-refractivity contribution in [3.63, 3.8) is 0 Å². The van der Waals surface area contributed by atoms with E-state index in [-0.39, 0.29) is 6.04 Å². The van der Waals surface area contributed by atoms with Crippen LogP contribution in [-0.2, 0) is 16.0 Å². The molecule has 176 valence electrons. The lowest BCUT2D eigenvalue weighted by Crippen LogP contribution is -2.55. The molecule has 1 unspecified atom stereocenters. The Morgan fingerprint density at radius 1 is 1.26 bits per heavy atom. The number of amides is 1. The zero-order chi connectivity index (χ0) is 24.1. The van der Waals surface area contributed by atoms with Gasteiger partial charge in [-0.15, -0.1) is 0 Å². The molecule has 0 aliphatic carbocycles. The van der Waals surface area contributed by atoms with Crippen LogP contribution in [0.2, 0.25) is 0 Å². The predicted octanol–water partition coefficient (Wildman–Crippen LogP) is 2.66. The monoisotopic (exact) mass is 476 g/mol. The molecule has 3 N–H and O–H groups in total. The van der Waals surface area contributed by atoms with Gasteiger partial charge in [-0.3, -0.25) is 4.79 Å². The number of benzene rings is 1. The second-order valence-electron chi connectivity index (χ2n) is 8.54. The summed E-state index contributed by atoms with van der Waals surface area (Å²) in [5.74, 6) is 0.0734. The second kappa shape index (κ2) is 10.9. The number of aromatic nitrogens is 1. The minimum Gasteiger partial charge on any atom is -0.378 e. The minimum absolute atomic E-state index is 0.274. The Kier molecular flexibility index (Phi) is 7.69. The van der Waals surface area contributed by atoms with Crippen LogP contribution in [0.4, 0.5) is 5.82 Å². The third-order valence-electron chi connectivity index (χ3n) is 6.25. The number of rotatable bonds is 8. The summed E-state index contributed by atoms with van der Waals surface area (Å²) in [5.41, 5.74) is 7.94. The maximum Gasteiger partial charge on any atom is 0.235 e. The molecule has 1 aromatic heterocycles. The van der Waals surface area contributed by atoms with Crippen molar-refractivity contribution in [3.8, 4) is 12.1 Å². The molecule has 2 fully saturated rings. The Labute approximate surface area is 204 Å². The van der Waals surface area contributed by atoms with Crippen LogP contribution in [0, 0.1) is 22.7 Å². The molecule has 8 nitrogen and oxygen atoms in total. The summed E-state index contributed by atoms with van der Waals surface area (Å²) in [5, 5.41) is 23.4. The zero-order valence-electron chi connectivity index (χ0n) is 19.2. The third kappa shape index (κ3) is 5.02. The van der Waals surface area contributed by atoms with Gasteiger partial charge in [-0.05, 0) is 30.4 Å². The van der Waals surface area contributed by atoms with Gasteiger partial charge in [-0.2, -0.15) is 10.5 Å². The first-order valence-electron chi connectivity index (χ1n) is 11.5. The minimum atomic E-state index is -0.694. The van der Waals surface area contributed by atoms with E-state index in [1.807, 2.05) is 37.3 Å². The molecule has 0 spiro atoms. The van der Waals surface area contributed by atoms with Crippen LogP contribution in [0.1, 0.15) is 47.3 Å². The van der Waals surface area contributed by atoms with Gasteiger partial charge in [0.2, 0.25) is 5.91 Å². The van der Waals surface area contributed by atoms with Crippen molar-refractivity contribution in [1.82, 2.24) is 10.3 Å². The highest BCUT2D eigenvalue weighted by Crippen LogP contribution is 2.39. The molecule has 1 amide bonds. The summed E-state index contributed by atoms with van der Waals surface area (Å²) in [6.07, 6.45) is 2.52. The Balaban J connectivity index is 1.72. The number of thioether (sulfide) groups is 1. The largest absolute Gasteiger partial charge is 0.378 e. The molecule has 2 aromatic rings. The molecular formula is C25H28N6O2S. The Morgan fingerprint density at radius 2 is 2.00 bits per heavy atom. The molecule has 2 aliphatic heterocycles. The molecule has 3 heterocycles. The van der Waals surface area contributed by atoms with E-state index < -0.39 is 11.2 Å². The number of hydrogen-bond donors (Lipinski definition) is 2. The number of nitrogens with one attached hydrogen (secondary N) is 1. The molecule has 2 atom stereocenters. The fourth-order valence-corrected chi connectivity index (χ4v) is 5.56. The van der Waals surface area contributed by atoms with Crippen molar-refractivity contribution < 1.29 is 9.53 Å². The van der Waals surface area contributed by atoms with Crippen molar-refractivity contribution in [1.29, 1.82) is 10.5 Å². The number of piperidine rings is 1. The van der Waals surface area contributed by atoms with Crippen molar-refractivity contribution in [3.05, 3.63) is 52.6 Å². The number of pyridine rings is 1. The third-order valence-corrected chi connectivity index (χ3v) is 7.51. The number of anilines is 1. The molecule has 4 rings (SSSR count). The average molecular weight is 477 g/mol. The molecule has 0 bridgehead atoms. The van der Waals surface area contributed by atoms with E-state index in [1.165, 1.54) is 11.8 Å². The Hall–Kier alpha value is -3.11. The van der Waals surface area contributed by atoms with Gasteiger partial charge in [-0.1, -0.05) is 49.0 Å². The zero-order valence-corrected chi connectivity index (χ0v) is 20.0. The molecule has 9 heteroatoms. The van der Waals surface area contributed by atoms with E-state index in [0.29, 0.717) is 40.0 Å². The van der Waals surface area contributed by atoms with Gasteiger partial charge in [0.25, 0.3) is 0 Å². The van der Waals surface area contributed by atoms with E-state index >= 15 is 0 Å². The summed E-state index contributed by atoms with van der Waals surface area (Å²) >= 11 is 1.18. The van der Waals surface area contributed by atoms with Crippen LogP contribution < -0.4 is 16.0 Å². The SMILES string of the molecule is CCc1c(C#N)c(SC(C(N)=O)c2ccccc2)nc(N2CCC[C@H](NC3COC3)C2)c1C#N. The van der Waals surface area contributed by atoms with Crippen LogP contribution in [0.25, 0.3) is 0 Å². The Bertz CT molecular complexity index is 1120. The fourth-order valence-electron chi connectivity index (χ4n) is 4.50. The topological polar surface area (TPSA) is 128 Å². The van der Waals surface area contributed by atoms with Crippen LogP contribution in [0.15, 0.2) is 35.4 Å². The number of nitriles is 2. The number of carbonyl (C=O) groups excluding carboxylic acids is 1. The summed E-state index contributed by atoms with van der Waals surface area (Å²) in [6.45, 7) is 4.87. The molecule has 1 aromatic carbocycles. The van der Waals surface area contributed by atoms with Gasteiger partial charge in [-0.25, -0.2) is 4.98 Å². The summed E-state index contributed by atoms with van der Waals surface area (Å²) < 4.78 is 5.29. The molecule has 2 aliphatic rings. The summed E-state index contributed by atoms with van der Waals surface area (Å²) in [4.78, 5) is 19.3. The lowest BCUT2D eigenvalue weighted by atomic mass is 9.99. The van der Waals surface area contributed by atoms with E-state index in [4.69, 9.17) is 15.5 Å². The smallest absolute Gasteiger partial charge is 0.235 e. The predicted molar refractivity (Wildman–Crippen MR) is 130 cm³/mol. The first-order valence-corrected chi connectivity index (χ1v) is 12.4. The lowest BCUT2D eigenvalue weighted by Gasteiger charge is -2.38. The maximum atomic E-state index is 12.4. The van der Waals surface area contributed by atoms with Gasteiger partial charge in [0.15, 0.2) is 0 Å². The normalized spacial score (nSPS) is 19.0. The molecule has 0 saturated carbocycles. The van der Waals surface area contributed by atoms with Crippen LogP contribution in [0.3, 0.4) is 0 Å². The second-order valence-corrected chi connectivity index (χ2v) is 9.64. The van der Waals surface area contributed by atoms with Gasteiger partial charge >= 0.3 is 0 Å². The van der Waals surface area contributed by atoms with Crippen molar-refractivity contribution in [2.24, 2.45) is 5.73 Å². The van der Waals surface area contributed by atoms with Crippen molar-refractivity contribution in [2.45, 2.75) is 48.5 Å². The van der Waals surface area contributed by atoms with Crippen molar-refractivity contribution >= 4 is 23.5 Å². The van der Waals surface area contributed by atoms with Crippen LogP contribution >= 0.6 is 11.8 Å². The highest BCUT2D eigenvalue weighted by atomic mass is 32.2. The average Bonchev–Trinajstić information content (AvgIpc) is 2.84. The summed E-state index contributed by atoms with van der Waals surface area (Å²) in [7, 11) is 0. The van der Waals surface area contributed by atoms with Crippen molar-refractivity contribution in [2.75, 3.05) is 31.2 Å². The lowest BCUT2D eigenvalue weighted by molar-refractivity contribution is -0.117. The maximum absolute atomic E-state index is 12.4. The number of ether oxygens (including phenoxy) is 1. The highest BCUT2D eigenvalue weighted by molar-refractivity contribution is 8.00. The van der Waals surface area contributed by atoms with Crippen LogP contribution in [0.5, 0.6) is 0 Å². The Morgan fingerprint density at radius 3 is 2.59 bits per heavy atom. The molecular weight excluding hydrogens is 448 g/mol. The first-order chi connectivity index (χ1) is 16.5. The van der Waals surface area contributed by atoms with Gasteiger partial charge < -0.3 is 20.7 Å². The number of carbonyl (C=O) groups is 1. The number of nitrogens with two attached hydrogens (primary N) is 1. The quantitative estimate of drug-likeness (QED) is 0.557. The standard InChI is InChI=1S/C25H28N6O2S/c1-2-19-20(11-26)24(31-10-6-9-17(13-31)29-18-14-33-15-18)30-25(21(19)12-27)34-22(23(28)32)16-7-4-3-5-8-16/h3-5,7-8,17-18,22,29H,2,6,9-10,13-15H2,1H3,(H2,28,32)/t17-,22?/m0/s1. The van der Waals surface area contributed by atoms with E-state index in [2.05, 4.69) is 22.4 Å². The summed E-state index contributed by atoms with van der Waals surface area (Å²) in [6, 6.07) is 14.4. The van der Waals surface area contributed by atoms with E-state index in [0.717, 1.165) is 44.7 Å². The van der Waals surface area contributed by atoms with E-state index in [1.54, 1.807) is 0 Å². The number of nitrogens with zero attached hydrogens (tertiary/aromatic N) is 4. The van der Waals surface area contributed by atoms with Gasteiger partial charge in [0.1, 0.15) is 28.2 Å². The number of hydrogen-bond acceptors (Lipinski definition) is 8. The molecule has 0 radical (unpaired) electrons. The fraction of sp³-hybridized carbons (Fsp3) is 0.440. The van der Waals surface area contributed by atoms with Gasteiger partial charge in [0, 0.05) is 19.1 Å².